The van der Waals surface area contributed by atoms with Crippen LogP contribution >= 0.6 is 0 Å². The second kappa shape index (κ2) is 3.59. The summed E-state index contributed by atoms with van der Waals surface area (Å²) < 4.78 is 25.7. The molecule has 0 bridgehead atoms. The molecule has 2 rings (SSSR count). The highest BCUT2D eigenvalue weighted by Gasteiger charge is 2.39. The topological polar surface area (TPSA) is 17.1 Å². The van der Waals surface area contributed by atoms with E-state index in [0.717, 1.165) is 19.3 Å². The van der Waals surface area contributed by atoms with Gasteiger partial charge in [-0.2, -0.15) is 0 Å². The van der Waals surface area contributed by atoms with Crippen LogP contribution in [0.2, 0.25) is 0 Å². The molecule has 0 atom stereocenters. The molecule has 2 aliphatic rings. The first-order valence-electron chi connectivity index (χ1n) is 5.50. The van der Waals surface area contributed by atoms with Crippen molar-refractivity contribution in [3.63, 3.8) is 0 Å². The molecule has 2 fully saturated rings. The zero-order valence-corrected chi connectivity index (χ0v) is 8.27. The van der Waals surface area contributed by atoms with Gasteiger partial charge in [-0.25, -0.2) is 8.78 Å². The molecule has 1 nitrogen and oxygen atoms in total. The van der Waals surface area contributed by atoms with Crippen molar-refractivity contribution in [3.8, 4) is 0 Å². The van der Waals surface area contributed by atoms with Crippen LogP contribution < -0.4 is 0 Å². The van der Waals surface area contributed by atoms with Crippen molar-refractivity contribution in [3.05, 3.63) is 0 Å². The van der Waals surface area contributed by atoms with E-state index in [9.17, 15) is 13.6 Å². The van der Waals surface area contributed by atoms with Crippen LogP contribution in [0.5, 0.6) is 0 Å². The van der Waals surface area contributed by atoms with Crippen LogP contribution in [0, 0.1) is 11.8 Å². The molecule has 0 N–H and O–H groups in total. The summed E-state index contributed by atoms with van der Waals surface area (Å²) in [7, 11) is 0. The van der Waals surface area contributed by atoms with Crippen LogP contribution in [-0.4, -0.2) is 11.7 Å². The Labute approximate surface area is 82.9 Å². The SMILES string of the molecule is O=C(C1CCC1)C1CCC(F)(F)CC1. The number of hydrogen-bond acceptors (Lipinski definition) is 1. The highest BCUT2D eigenvalue weighted by Crippen LogP contribution is 2.40. The van der Waals surface area contributed by atoms with Gasteiger partial charge in [0.05, 0.1) is 0 Å². The van der Waals surface area contributed by atoms with Gasteiger partial charge < -0.3 is 0 Å². The normalized spacial score (nSPS) is 28.4. The second-order valence-corrected chi connectivity index (χ2v) is 4.66. The predicted molar refractivity (Wildman–Crippen MR) is 49.3 cm³/mol. The second-order valence-electron chi connectivity index (χ2n) is 4.66. The van der Waals surface area contributed by atoms with E-state index >= 15 is 0 Å². The van der Waals surface area contributed by atoms with E-state index in [4.69, 9.17) is 0 Å². The van der Waals surface area contributed by atoms with E-state index in [-0.39, 0.29) is 30.5 Å². The summed E-state index contributed by atoms with van der Waals surface area (Å²) in [4.78, 5) is 11.7. The van der Waals surface area contributed by atoms with Crippen molar-refractivity contribution in [1.82, 2.24) is 0 Å². The molecule has 0 radical (unpaired) electrons. The smallest absolute Gasteiger partial charge is 0.248 e. The Hall–Kier alpha value is -0.470. The minimum absolute atomic E-state index is 0.0556. The zero-order valence-electron chi connectivity index (χ0n) is 8.27. The van der Waals surface area contributed by atoms with Gasteiger partial charge in [0.1, 0.15) is 5.78 Å². The summed E-state index contributed by atoms with van der Waals surface area (Å²) in [6.07, 6.45) is 3.76. The molecule has 0 aromatic rings. The molecule has 0 aliphatic heterocycles. The minimum Gasteiger partial charge on any atom is -0.299 e. The van der Waals surface area contributed by atoms with Crippen molar-refractivity contribution in [2.24, 2.45) is 11.8 Å². The lowest BCUT2D eigenvalue weighted by Gasteiger charge is -2.32. The van der Waals surface area contributed by atoms with Gasteiger partial charge in [0.25, 0.3) is 0 Å². The average Bonchev–Trinajstić information content (AvgIpc) is 2.00. The Bertz CT molecular complexity index is 223. The Balaban J connectivity index is 1.85. The van der Waals surface area contributed by atoms with Gasteiger partial charge in [-0.15, -0.1) is 0 Å². The number of ketones is 1. The summed E-state index contributed by atoms with van der Waals surface area (Å²) in [6, 6.07) is 0. The van der Waals surface area contributed by atoms with Crippen LogP contribution in [0.3, 0.4) is 0 Å². The summed E-state index contributed by atoms with van der Waals surface area (Å²) in [5, 5.41) is 0. The van der Waals surface area contributed by atoms with Crippen LogP contribution in [0.15, 0.2) is 0 Å². The van der Waals surface area contributed by atoms with Crippen molar-refractivity contribution in [1.29, 1.82) is 0 Å². The van der Waals surface area contributed by atoms with E-state index < -0.39 is 5.92 Å². The Kier molecular flexibility index (Phi) is 2.58. The number of carbonyl (C=O) groups is 1. The third-order valence-electron chi connectivity index (χ3n) is 3.63. The maximum Gasteiger partial charge on any atom is 0.248 e. The standard InChI is InChI=1S/C11H16F2O/c12-11(13)6-4-9(5-7-11)10(14)8-2-1-3-8/h8-9H,1-7H2. The van der Waals surface area contributed by atoms with Crippen molar-refractivity contribution < 1.29 is 13.6 Å². The molecule has 2 saturated carbocycles. The van der Waals surface area contributed by atoms with Crippen molar-refractivity contribution >= 4 is 5.78 Å². The van der Waals surface area contributed by atoms with Crippen LogP contribution in [-0.2, 0) is 4.79 Å². The average molecular weight is 202 g/mol. The van der Waals surface area contributed by atoms with E-state index in [1.54, 1.807) is 0 Å². The fraction of sp³-hybridized carbons (Fsp3) is 0.909. The molecular formula is C11H16F2O. The van der Waals surface area contributed by atoms with Crippen LogP contribution in [0.25, 0.3) is 0 Å². The maximum absolute atomic E-state index is 12.8. The molecule has 0 unspecified atom stereocenters. The molecule has 0 spiro atoms. The van der Waals surface area contributed by atoms with Gasteiger partial charge in [0, 0.05) is 24.7 Å². The van der Waals surface area contributed by atoms with E-state index in [0.29, 0.717) is 12.8 Å². The van der Waals surface area contributed by atoms with Crippen molar-refractivity contribution in [2.75, 3.05) is 0 Å². The summed E-state index contributed by atoms with van der Waals surface area (Å²) >= 11 is 0. The molecular weight excluding hydrogens is 186 g/mol. The van der Waals surface area contributed by atoms with Gasteiger partial charge in [0.15, 0.2) is 0 Å². The molecule has 2 aliphatic carbocycles. The van der Waals surface area contributed by atoms with Gasteiger partial charge in [-0.1, -0.05) is 6.42 Å². The maximum atomic E-state index is 12.8. The Morgan fingerprint density at radius 1 is 1.00 bits per heavy atom. The van der Waals surface area contributed by atoms with Crippen LogP contribution in [0.4, 0.5) is 8.78 Å². The molecule has 3 heteroatoms. The van der Waals surface area contributed by atoms with Gasteiger partial charge in [-0.05, 0) is 25.7 Å². The summed E-state index contributed by atoms with van der Waals surface area (Å²) in [5.74, 6) is -2.07. The van der Waals surface area contributed by atoms with E-state index in [1.807, 2.05) is 0 Å². The van der Waals surface area contributed by atoms with Crippen LogP contribution in [0.1, 0.15) is 44.9 Å². The Morgan fingerprint density at radius 2 is 1.50 bits per heavy atom. The van der Waals surface area contributed by atoms with Gasteiger partial charge >= 0.3 is 0 Å². The monoisotopic (exact) mass is 202 g/mol. The number of alkyl halides is 2. The highest BCUT2D eigenvalue weighted by molar-refractivity contribution is 5.84. The van der Waals surface area contributed by atoms with E-state index in [1.165, 1.54) is 0 Å². The first kappa shape index (κ1) is 10.1. The van der Waals surface area contributed by atoms with Gasteiger partial charge in [0.2, 0.25) is 5.92 Å². The number of rotatable bonds is 2. The zero-order chi connectivity index (χ0) is 10.2. The summed E-state index contributed by atoms with van der Waals surface area (Å²) in [6.45, 7) is 0. The molecule has 14 heavy (non-hydrogen) atoms. The number of halogens is 2. The summed E-state index contributed by atoms with van der Waals surface area (Å²) in [5.41, 5.74) is 0. The van der Waals surface area contributed by atoms with Crippen molar-refractivity contribution in [2.45, 2.75) is 50.9 Å². The molecule has 0 heterocycles. The first-order valence-corrected chi connectivity index (χ1v) is 5.50. The lowest BCUT2D eigenvalue weighted by atomic mass is 9.73. The van der Waals surface area contributed by atoms with Gasteiger partial charge in [-0.3, -0.25) is 4.79 Å². The molecule has 80 valence electrons. The third kappa shape index (κ3) is 1.96. The number of Topliss-reactive ketones (excluding diaryl/α,β-unsaturated/α-hetero) is 1. The molecule has 0 aromatic carbocycles. The number of carbonyl (C=O) groups excluding carboxylic acids is 1. The third-order valence-corrected chi connectivity index (χ3v) is 3.63. The highest BCUT2D eigenvalue weighted by atomic mass is 19.3. The molecule has 0 amide bonds. The Morgan fingerprint density at radius 3 is 1.93 bits per heavy atom. The fourth-order valence-electron chi connectivity index (χ4n) is 2.35. The quantitative estimate of drug-likeness (QED) is 0.672. The minimum atomic E-state index is -2.50. The molecule has 0 saturated heterocycles. The van der Waals surface area contributed by atoms with E-state index in [2.05, 4.69) is 0 Å². The largest absolute Gasteiger partial charge is 0.299 e. The fourth-order valence-corrected chi connectivity index (χ4v) is 2.35. The molecule has 0 aromatic heterocycles. The predicted octanol–water partition coefficient (Wildman–Crippen LogP) is 3.18. The lowest BCUT2D eigenvalue weighted by Crippen LogP contribution is -2.34. The first-order chi connectivity index (χ1) is 6.58. The number of hydrogen-bond donors (Lipinski definition) is 0. The lowest BCUT2D eigenvalue weighted by molar-refractivity contribution is -0.133.